The van der Waals surface area contributed by atoms with Gasteiger partial charge in [0.15, 0.2) is 0 Å². The first-order valence-corrected chi connectivity index (χ1v) is 6.48. The number of esters is 1. The fourth-order valence-corrected chi connectivity index (χ4v) is 2.75. The second-order valence-corrected chi connectivity index (χ2v) is 4.78. The topological polar surface area (TPSA) is 26.3 Å². The Morgan fingerprint density at radius 1 is 1.50 bits per heavy atom. The maximum absolute atomic E-state index is 11.1. The number of hydrogen-bond acceptors (Lipinski definition) is 2. The van der Waals surface area contributed by atoms with Gasteiger partial charge in [0.2, 0.25) is 0 Å². The van der Waals surface area contributed by atoms with Gasteiger partial charge in [-0.05, 0) is 31.6 Å². The minimum Gasteiger partial charge on any atom is -0.462 e. The zero-order valence-electron chi connectivity index (χ0n) is 10.6. The number of carbonyl (C=O) groups is 1. The van der Waals surface area contributed by atoms with E-state index in [0.717, 1.165) is 19.3 Å². The Morgan fingerprint density at radius 3 is 2.81 bits per heavy atom. The van der Waals surface area contributed by atoms with Crippen LogP contribution in [-0.2, 0) is 9.53 Å². The number of rotatable bonds is 5. The molecule has 1 aliphatic carbocycles. The van der Waals surface area contributed by atoms with Crippen LogP contribution in [0.2, 0.25) is 0 Å². The molecule has 0 aromatic heterocycles. The predicted octanol–water partition coefficient (Wildman–Crippen LogP) is 3.71. The van der Waals surface area contributed by atoms with Crippen molar-refractivity contribution in [1.82, 2.24) is 0 Å². The summed E-state index contributed by atoms with van der Waals surface area (Å²) >= 11 is 0. The molecule has 1 saturated carbocycles. The molecule has 0 bridgehead atoms. The summed E-state index contributed by atoms with van der Waals surface area (Å²) in [5, 5.41) is 0. The maximum Gasteiger partial charge on any atom is 0.302 e. The monoisotopic (exact) mass is 224 g/mol. The lowest BCUT2D eigenvalue weighted by Gasteiger charge is -2.36. The van der Waals surface area contributed by atoms with Crippen molar-refractivity contribution < 1.29 is 9.53 Å². The van der Waals surface area contributed by atoms with Crippen molar-refractivity contribution in [3.8, 4) is 0 Å². The quantitative estimate of drug-likeness (QED) is 0.525. The van der Waals surface area contributed by atoms with E-state index in [0.29, 0.717) is 11.8 Å². The van der Waals surface area contributed by atoms with Gasteiger partial charge < -0.3 is 4.74 Å². The van der Waals surface area contributed by atoms with E-state index in [9.17, 15) is 4.79 Å². The van der Waals surface area contributed by atoms with Crippen LogP contribution >= 0.6 is 0 Å². The van der Waals surface area contributed by atoms with Crippen LogP contribution in [0.25, 0.3) is 0 Å². The summed E-state index contributed by atoms with van der Waals surface area (Å²) < 4.78 is 5.45. The van der Waals surface area contributed by atoms with E-state index in [1.54, 1.807) is 0 Å². The lowest BCUT2D eigenvalue weighted by molar-refractivity contribution is -0.152. The Kier molecular flexibility index (Phi) is 5.58. The van der Waals surface area contributed by atoms with Gasteiger partial charge in [-0.1, -0.05) is 25.8 Å². The van der Waals surface area contributed by atoms with Crippen molar-refractivity contribution in [2.75, 3.05) is 0 Å². The van der Waals surface area contributed by atoms with Crippen LogP contribution < -0.4 is 0 Å². The van der Waals surface area contributed by atoms with Gasteiger partial charge in [-0.25, -0.2) is 0 Å². The van der Waals surface area contributed by atoms with E-state index in [-0.39, 0.29) is 12.1 Å². The maximum atomic E-state index is 11.1. The highest BCUT2D eigenvalue weighted by molar-refractivity contribution is 5.66. The van der Waals surface area contributed by atoms with Crippen LogP contribution in [0.3, 0.4) is 0 Å². The molecule has 1 fully saturated rings. The van der Waals surface area contributed by atoms with Gasteiger partial charge in [0.1, 0.15) is 6.10 Å². The van der Waals surface area contributed by atoms with Crippen molar-refractivity contribution >= 4 is 5.97 Å². The SMILES string of the molecule is C=CC1CCCC(OC(C)=O)C1CCCC. The van der Waals surface area contributed by atoms with Crippen molar-refractivity contribution in [3.63, 3.8) is 0 Å². The third-order valence-corrected chi connectivity index (χ3v) is 3.56. The molecule has 92 valence electrons. The Morgan fingerprint density at radius 2 is 2.25 bits per heavy atom. The fourth-order valence-electron chi connectivity index (χ4n) is 2.75. The third-order valence-electron chi connectivity index (χ3n) is 3.56. The predicted molar refractivity (Wildman–Crippen MR) is 66.1 cm³/mol. The molecule has 3 unspecified atom stereocenters. The number of ether oxygens (including phenoxy) is 1. The van der Waals surface area contributed by atoms with Crippen LogP contribution in [-0.4, -0.2) is 12.1 Å². The first kappa shape index (κ1) is 13.3. The molecule has 16 heavy (non-hydrogen) atoms. The van der Waals surface area contributed by atoms with E-state index in [4.69, 9.17) is 4.74 Å². The second-order valence-electron chi connectivity index (χ2n) is 4.78. The van der Waals surface area contributed by atoms with Gasteiger partial charge in [-0.3, -0.25) is 4.79 Å². The summed E-state index contributed by atoms with van der Waals surface area (Å²) in [4.78, 5) is 11.1. The van der Waals surface area contributed by atoms with Crippen LogP contribution in [0, 0.1) is 11.8 Å². The highest BCUT2D eigenvalue weighted by Crippen LogP contribution is 2.36. The normalized spacial score (nSPS) is 29.8. The zero-order valence-corrected chi connectivity index (χ0v) is 10.6. The third kappa shape index (κ3) is 3.66. The van der Waals surface area contributed by atoms with Gasteiger partial charge in [0, 0.05) is 12.8 Å². The van der Waals surface area contributed by atoms with Crippen molar-refractivity contribution in [3.05, 3.63) is 12.7 Å². The number of carbonyl (C=O) groups excluding carboxylic acids is 1. The average Bonchev–Trinajstić information content (AvgIpc) is 2.26. The molecule has 0 aromatic carbocycles. The molecule has 0 radical (unpaired) electrons. The molecular formula is C14H24O2. The molecule has 0 spiro atoms. The van der Waals surface area contributed by atoms with Gasteiger partial charge in [-0.2, -0.15) is 0 Å². The van der Waals surface area contributed by atoms with E-state index in [1.807, 2.05) is 0 Å². The lowest BCUT2D eigenvalue weighted by atomic mass is 9.75. The minimum atomic E-state index is -0.142. The molecule has 0 heterocycles. The molecule has 3 atom stereocenters. The molecule has 2 nitrogen and oxygen atoms in total. The second kappa shape index (κ2) is 6.72. The molecule has 0 aromatic rings. The molecule has 0 amide bonds. The van der Waals surface area contributed by atoms with E-state index < -0.39 is 0 Å². The molecule has 1 aliphatic rings. The molecular weight excluding hydrogens is 200 g/mol. The van der Waals surface area contributed by atoms with Gasteiger partial charge in [0.05, 0.1) is 0 Å². The van der Waals surface area contributed by atoms with Gasteiger partial charge >= 0.3 is 5.97 Å². The van der Waals surface area contributed by atoms with E-state index in [2.05, 4.69) is 19.6 Å². The zero-order chi connectivity index (χ0) is 12.0. The standard InChI is InChI=1S/C14H24O2/c1-4-6-9-13-12(5-2)8-7-10-14(13)16-11(3)15/h5,12-14H,2,4,6-10H2,1,3H3. The molecule has 0 aliphatic heterocycles. The average molecular weight is 224 g/mol. The van der Waals surface area contributed by atoms with E-state index >= 15 is 0 Å². The fraction of sp³-hybridized carbons (Fsp3) is 0.786. The number of allylic oxidation sites excluding steroid dienone is 1. The van der Waals surface area contributed by atoms with Crippen molar-refractivity contribution in [2.24, 2.45) is 11.8 Å². The largest absolute Gasteiger partial charge is 0.462 e. The summed E-state index contributed by atoms with van der Waals surface area (Å²) in [6, 6.07) is 0. The van der Waals surface area contributed by atoms with Gasteiger partial charge in [0.25, 0.3) is 0 Å². The highest BCUT2D eigenvalue weighted by Gasteiger charge is 2.32. The lowest BCUT2D eigenvalue weighted by Crippen LogP contribution is -2.34. The van der Waals surface area contributed by atoms with Crippen LogP contribution in [0.15, 0.2) is 12.7 Å². The van der Waals surface area contributed by atoms with Crippen LogP contribution in [0.5, 0.6) is 0 Å². The minimum absolute atomic E-state index is 0.126. The number of unbranched alkanes of at least 4 members (excludes halogenated alkanes) is 1. The summed E-state index contributed by atoms with van der Waals surface area (Å²) in [5.41, 5.74) is 0. The van der Waals surface area contributed by atoms with Crippen LogP contribution in [0.1, 0.15) is 52.4 Å². The Bertz CT molecular complexity index is 235. The first-order valence-electron chi connectivity index (χ1n) is 6.48. The summed E-state index contributed by atoms with van der Waals surface area (Å²) in [5.74, 6) is 0.885. The van der Waals surface area contributed by atoms with Crippen molar-refractivity contribution in [2.45, 2.75) is 58.5 Å². The Labute approximate surface area is 99.1 Å². The van der Waals surface area contributed by atoms with Crippen LogP contribution in [0.4, 0.5) is 0 Å². The van der Waals surface area contributed by atoms with E-state index in [1.165, 1.54) is 26.2 Å². The molecule has 2 heteroatoms. The van der Waals surface area contributed by atoms with Gasteiger partial charge in [-0.15, -0.1) is 6.58 Å². The molecule has 1 rings (SSSR count). The first-order chi connectivity index (χ1) is 7.69. The summed E-state index contributed by atoms with van der Waals surface area (Å²) in [6.07, 6.45) is 9.13. The molecule has 0 saturated heterocycles. The van der Waals surface area contributed by atoms with Crippen molar-refractivity contribution in [1.29, 1.82) is 0 Å². The summed E-state index contributed by atoms with van der Waals surface area (Å²) in [7, 11) is 0. The Hall–Kier alpha value is -0.790. The highest BCUT2D eigenvalue weighted by atomic mass is 16.5. The number of hydrogen-bond donors (Lipinski definition) is 0. The summed E-state index contributed by atoms with van der Waals surface area (Å²) in [6.45, 7) is 7.63. The smallest absolute Gasteiger partial charge is 0.302 e. The molecule has 0 N–H and O–H groups in total. The Balaban J connectivity index is 2.62.